The van der Waals surface area contributed by atoms with E-state index in [1.165, 1.54) is 35.7 Å². The molecule has 0 saturated heterocycles. The van der Waals surface area contributed by atoms with Crippen molar-refractivity contribution in [2.45, 2.75) is 63.2 Å². The van der Waals surface area contributed by atoms with Gasteiger partial charge in [-0.1, -0.05) is 49.9 Å². The van der Waals surface area contributed by atoms with Gasteiger partial charge in [0.2, 0.25) is 11.1 Å². The molecule has 0 bridgehead atoms. The zero-order chi connectivity index (χ0) is 18.8. The number of nitrogens with one attached hydrogen (secondary N) is 1. The van der Waals surface area contributed by atoms with Crippen molar-refractivity contribution in [2.24, 2.45) is 11.8 Å². The Labute approximate surface area is 164 Å². The van der Waals surface area contributed by atoms with E-state index in [9.17, 15) is 4.79 Å². The van der Waals surface area contributed by atoms with Crippen LogP contribution in [0.5, 0.6) is 0 Å². The van der Waals surface area contributed by atoms with E-state index < -0.39 is 0 Å². The van der Waals surface area contributed by atoms with Crippen molar-refractivity contribution in [3.05, 3.63) is 35.4 Å². The van der Waals surface area contributed by atoms with E-state index in [1.54, 1.807) is 0 Å². The predicted octanol–water partition coefficient (Wildman–Crippen LogP) is 3.57. The van der Waals surface area contributed by atoms with E-state index in [0.717, 1.165) is 24.4 Å². The third kappa shape index (κ3) is 4.89. The van der Waals surface area contributed by atoms with Crippen LogP contribution >= 0.6 is 11.8 Å². The van der Waals surface area contributed by atoms with Crippen molar-refractivity contribution in [3.8, 4) is 0 Å². The quantitative estimate of drug-likeness (QED) is 0.668. The number of benzene rings is 1. The zero-order valence-electron chi connectivity index (χ0n) is 16.0. The van der Waals surface area contributed by atoms with E-state index in [0.29, 0.717) is 23.6 Å². The fourth-order valence-electron chi connectivity index (χ4n) is 3.41. The molecule has 0 radical (unpaired) electrons. The minimum Gasteiger partial charge on any atom is -0.348 e. The van der Waals surface area contributed by atoms with Crippen LogP contribution in [0, 0.1) is 11.8 Å². The van der Waals surface area contributed by atoms with Gasteiger partial charge in [0.15, 0.2) is 0 Å². The second kappa shape index (κ2) is 8.00. The SMILES string of the molecule is CC(C)Cc1ccc(C(NC(=O)CSc2nnnn2C2CC2)C2CC2)cc1. The molecule has 27 heavy (non-hydrogen) atoms. The maximum absolute atomic E-state index is 12.6. The molecule has 7 heteroatoms. The Balaban J connectivity index is 1.35. The first-order chi connectivity index (χ1) is 13.1. The lowest BCUT2D eigenvalue weighted by Gasteiger charge is -2.19. The molecule has 1 aromatic heterocycles. The zero-order valence-corrected chi connectivity index (χ0v) is 16.8. The number of tetrazole rings is 1. The van der Waals surface area contributed by atoms with Crippen LogP contribution in [0.25, 0.3) is 0 Å². The molecule has 2 fully saturated rings. The molecule has 1 N–H and O–H groups in total. The maximum Gasteiger partial charge on any atom is 0.230 e. The van der Waals surface area contributed by atoms with Crippen LogP contribution in [0.4, 0.5) is 0 Å². The van der Waals surface area contributed by atoms with Crippen LogP contribution in [0.3, 0.4) is 0 Å². The number of rotatable bonds is 9. The molecule has 1 amide bonds. The largest absolute Gasteiger partial charge is 0.348 e. The molecule has 0 aliphatic heterocycles. The third-order valence-electron chi connectivity index (χ3n) is 5.08. The van der Waals surface area contributed by atoms with Gasteiger partial charge in [0.25, 0.3) is 0 Å². The molecule has 2 saturated carbocycles. The Morgan fingerprint density at radius 1 is 1.22 bits per heavy atom. The second-order valence-corrected chi connectivity index (χ2v) is 9.09. The summed E-state index contributed by atoms with van der Waals surface area (Å²) in [6, 6.07) is 9.31. The Kier molecular flexibility index (Phi) is 5.48. The summed E-state index contributed by atoms with van der Waals surface area (Å²) in [6.07, 6.45) is 5.72. The number of nitrogens with zero attached hydrogens (tertiary/aromatic N) is 4. The highest BCUT2D eigenvalue weighted by Gasteiger charge is 2.33. The first-order valence-corrected chi connectivity index (χ1v) is 10.9. The van der Waals surface area contributed by atoms with Crippen molar-refractivity contribution >= 4 is 17.7 Å². The van der Waals surface area contributed by atoms with Crippen LogP contribution in [0.1, 0.15) is 62.7 Å². The normalized spacial score (nSPS) is 17.9. The topological polar surface area (TPSA) is 72.7 Å². The molecule has 6 nitrogen and oxygen atoms in total. The van der Waals surface area contributed by atoms with Crippen LogP contribution < -0.4 is 5.32 Å². The molecule has 1 unspecified atom stereocenters. The van der Waals surface area contributed by atoms with Crippen LogP contribution in [0.15, 0.2) is 29.4 Å². The lowest BCUT2D eigenvalue weighted by molar-refractivity contribution is -0.119. The lowest BCUT2D eigenvalue weighted by atomic mass is 9.97. The fraction of sp³-hybridized carbons (Fsp3) is 0.600. The highest BCUT2D eigenvalue weighted by molar-refractivity contribution is 7.99. The Morgan fingerprint density at radius 2 is 1.96 bits per heavy atom. The number of thioether (sulfide) groups is 1. The monoisotopic (exact) mass is 385 g/mol. The number of carbonyl (C=O) groups is 1. The molecular formula is C20H27N5OS. The molecule has 144 valence electrons. The highest BCUT2D eigenvalue weighted by atomic mass is 32.2. The molecule has 2 aliphatic carbocycles. The van der Waals surface area contributed by atoms with Crippen LogP contribution in [-0.2, 0) is 11.2 Å². The van der Waals surface area contributed by atoms with Crippen LogP contribution in [-0.4, -0.2) is 31.9 Å². The van der Waals surface area contributed by atoms with Gasteiger partial charge in [-0.3, -0.25) is 4.79 Å². The molecule has 4 rings (SSSR count). The molecular weight excluding hydrogens is 358 g/mol. The van der Waals surface area contributed by atoms with Crippen molar-refractivity contribution in [1.29, 1.82) is 0 Å². The van der Waals surface area contributed by atoms with Gasteiger partial charge < -0.3 is 5.32 Å². The minimum atomic E-state index is 0.0495. The standard InChI is InChI=1S/C20H27N5OS/c1-13(2)11-14-3-5-15(6-4-14)19(16-7-8-16)21-18(26)12-27-20-22-23-24-25(20)17-9-10-17/h3-6,13,16-17,19H,7-12H2,1-2H3,(H,21,26). The van der Waals surface area contributed by atoms with E-state index in [1.807, 2.05) is 4.68 Å². The van der Waals surface area contributed by atoms with Gasteiger partial charge in [0.05, 0.1) is 17.8 Å². The highest BCUT2D eigenvalue weighted by Crippen LogP contribution is 2.41. The van der Waals surface area contributed by atoms with Crippen molar-refractivity contribution < 1.29 is 4.79 Å². The summed E-state index contributed by atoms with van der Waals surface area (Å²) in [4.78, 5) is 12.6. The minimum absolute atomic E-state index is 0.0495. The number of hydrogen-bond donors (Lipinski definition) is 1. The van der Waals surface area contributed by atoms with E-state index in [-0.39, 0.29) is 11.9 Å². The first kappa shape index (κ1) is 18.5. The Hall–Kier alpha value is -1.89. The summed E-state index contributed by atoms with van der Waals surface area (Å²) < 4.78 is 1.85. The Morgan fingerprint density at radius 3 is 2.59 bits per heavy atom. The smallest absolute Gasteiger partial charge is 0.230 e. The van der Waals surface area contributed by atoms with Crippen molar-refractivity contribution in [2.75, 3.05) is 5.75 Å². The number of carbonyl (C=O) groups excluding carboxylic acids is 1. The number of hydrogen-bond acceptors (Lipinski definition) is 5. The average Bonchev–Trinajstić information content (AvgIpc) is 3.57. The molecule has 2 aromatic rings. The fourth-order valence-corrected chi connectivity index (χ4v) is 4.16. The van der Waals surface area contributed by atoms with Gasteiger partial charge >= 0.3 is 0 Å². The van der Waals surface area contributed by atoms with Gasteiger partial charge in [-0.2, -0.15) is 0 Å². The van der Waals surface area contributed by atoms with E-state index in [4.69, 9.17) is 0 Å². The summed E-state index contributed by atoms with van der Waals surface area (Å²) in [5.74, 6) is 1.61. The van der Waals surface area contributed by atoms with Crippen LogP contribution in [0.2, 0.25) is 0 Å². The van der Waals surface area contributed by atoms with Gasteiger partial charge in [-0.05, 0) is 65.5 Å². The number of amides is 1. The molecule has 1 heterocycles. The van der Waals surface area contributed by atoms with Gasteiger partial charge in [0.1, 0.15) is 0 Å². The molecule has 1 aromatic carbocycles. The first-order valence-electron chi connectivity index (χ1n) is 9.89. The third-order valence-corrected chi connectivity index (χ3v) is 6.01. The van der Waals surface area contributed by atoms with Gasteiger partial charge in [0, 0.05) is 0 Å². The van der Waals surface area contributed by atoms with E-state index >= 15 is 0 Å². The second-order valence-electron chi connectivity index (χ2n) is 8.15. The summed E-state index contributed by atoms with van der Waals surface area (Å²) in [5, 5.41) is 15.8. The summed E-state index contributed by atoms with van der Waals surface area (Å²) >= 11 is 1.42. The van der Waals surface area contributed by atoms with Crippen molar-refractivity contribution in [3.63, 3.8) is 0 Å². The van der Waals surface area contributed by atoms with E-state index in [2.05, 4.69) is 59.0 Å². The maximum atomic E-state index is 12.6. The average molecular weight is 386 g/mol. The molecule has 0 spiro atoms. The predicted molar refractivity (Wildman–Crippen MR) is 105 cm³/mol. The van der Waals surface area contributed by atoms with Gasteiger partial charge in [-0.25, -0.2) is 4.68 Å². The lowest BCUT2D eigenvalue weighted by Crippen LogP contribution is -2.31. The summed E-state index contributed by atoms with van der Waals surface area (Å²) in [5.41, 5.74) is 2.57. The number of aromatic nitrogens is 4. The summed E-state index contributed by atoms with van der Waals surface area (Å²) in [6.45, 7) is 4.47. The van der Waals surface area contributed by atoms with Gasteiger partial charge in [-0.15, -0.1) is 5.10 Å². The summed E-state index contributed by atoms with van der Waals surface area (Å²) in [7, 11) is 0. The molecule has 2 aliphatic rings. The Bertz CT molecular complexity index is 780. The van der Waals surface area contributed by atoms with Crippen molar-refractivity contribution in [1.82, 2.24) is 25.5 Å². The molecule has 1 atom stereocenters.